The molecular formula is C15H18N6O2. The first-order valence-corrected chi connectivity index (χ1v) is 7.91. The lowest BCUT2D eigenvalue weighted by Crippen LogP contribution is -2.28. The number of H-pyrrole nitrogens is 1. The Morgan fingerprint density at radius 2 is 2.22 bits per heavy atom. The number of aromatic amines is 1. The molecule has 2 N–H and O–H groups in total. The van der Waals surface area contributed by atoms with Gasteiger partial charge in [0, 0.05) is 18.4 Å². The SMILES string of the molecule is CCc1nc(-c2cnn3c(C4CCNCC4)cc(=O)[nH]c23)no1. The van der Waals surface area contributed by atoms with Crippen LogP contribution < -0.4 is 10.9 Å². The van der Waals surface area contributed by atoms with E-state index in [1.165, 1.54) is 0 Å². The molecule has 0 unspecified atom stereocenters. The maximum Gasteiger partial charge on any atom is 0.251 e. The summed E-state index contributed by atoms with van der Waals surface area (Å²) >= 11 is 0. The van der Waals surface area contributed by atoms with Gasteiger partial charge in [-0.3, -0.25) is 4.79 Å². The molecule has 0 aliphatic carbocycles. The van der Waals surface area contributed by atoms with Crippen molar-refractivity contribution in [3.8, 4) is 11.4 Å². The maximum atomic E-state index is 12.1. The molecule has 4 heterocycles. The predicted molar refractivity (Wildman–Crippen MR) is 83.3 cm³/mol. The minimum atomic E-state index is -0.132. The highest BCUT2D eigenvalue weighted by Crippen LogP contribution is 2.27. The molecule has 0 aromatic carbocycles. The van der Waals surface area contributed by atoms with Crippen LogP contribution in [0.4, 0.5) is 0 Å². The van der Waals surface area contributed by atoms with Gasteiger partial charge in [0.2, 0.25) is 11.7 Å². The van der Waals surface area contributed by atoms with Crippen LogP contribution in [0.3, 0.4) is 0 Å². The van der Waals surface area contributed by atoms with Gasteiger partial charge in [-0.25, -0.2) is 4.52 Å². The molecule has 120 valence electrons. The summed E-state index contributed by atoms with van der Waals surface area (Å²) in [6.45, 7) is 3.86. The standard InChI is InChI=1S/C15H18N6O2/c1-2-13-19-14(20-23-13)10-8-17-21-11(7-12(22)18-15(10)21)9-3-5-16-6-4-9/h7-9,16H,2-6H2,1H3,(H,18,22). The zero-order valence-electron chi connectivity index (χ0n) is 12.9. The minimum Gasteiger partial charge on any atom is -0.339 e. The highest BCUT2D eigenvalue weighted by atomic mass is 16.5. The number of rotatable bonds is 3. The van der Waals surface area contributed by atoms with Gasteiger partial charge in [0.05, 0.1) is 17.5 Å². The van der Waals surface area contributed by atoms with E-state index in [4.69, 9.17) is 4.52 Å². The molecule has 0 bridgehead atoms. The largest absolute Gasteiger partial charge is 0.339 e. The normalized spacial score (nSPS) is 16.2. The second-order valence-corrected chi connectivity index (χ2v) is 5.77. The fourth-order valence-corrected chi connectivity index (χ4v) is 3.09. The summed E-state index contributed by atoms with van der Waals surface area (Å²) in [7, 11) is 0. The predicted octanol–water partition coefficient (Wildman–Crippen LogP) is 1.10. The van der Waals surface area contributed by atoms with Crippen LogP contribution in [0.2, 0.25) is 0 Å². The molecule has 0 atom stereocenters. The van der Waals surface area contributed by atoms with E-state index in [0.29, 0.717) is 35.3 Å². The van der Waals surface area contributed by atoms with E-state index in [9.17, 15) is 4.79 Å². The monoisotopic (exact) mass is 314 g/mol. The first-order chi connectivity index (χ1) is 11.3. The lowest BCUT2D eigenvalue weighted by Gasteiger charge is -2.23. The molecular weight excluding hydrogens is 296 g/mol. The third kappa shape index (κ3) is 2.44. The molecule has 1 aliphatic heterocycles. The molecule has 8 nitrogen and oxygen atoms in total. The number of hydrogen-bond donors (Lipinski definition) is 2. The van der Waals surface area contributed by atoms with Gasteiger partial charge in [-0.2, -0.15) is 10.1 Å². The molecule has 0 radical (unpaired) electrons. The van der Waals surface area contributed by atoms with Crippen LogP contribution in [0.5, 0.6) is 0 Å². The summed E-state index contributed by atoms with van der Waals surface area (Å²) in [5.41, 5.74) is 2.11. The smallest absolute Gasteiger partial charge is 0.251 e. The second-order valence-electron chi connectivity index (χ2n) is 5.77. The van der Waals surface area contributed by atoms with Gasteiger partial charge in [0.15, 0.2) is 0 Å². The van der Waals surface area contributed by atoms with Gasteiger partial charge in [0.25, 0.3) is 5.56 Å². The number of aryl methyl sites for hydroxylation is 1. The minimum absolute atomic E-state index is 0.132. The zero-order chi connectivity index (χ0) is 15.8. The Labute approximate surface area is 131 Å². The van der Waals surface area contributed by atoms with Crippen LogP contribution in [0.1, 0.15) is 37.3 Å². The van der Waals surface area contributed by atoms with E-state index in [1.807, 2.05) is 6.92 Å². The Morgan fingerprint density at radius 3 is 2.96 bits per heavy atom. The molecule has 0 saturated carbocycles. The van der Waals surface area contributed by atoms with Crippen LogP contribution in [0, 0.1) is 0 Å². The van der Waals surface area contributed by atoms with E-state index in [1.54, 1.807) is 16.8 Å². The molecule has 0 amide bonds. The fraction of sp³-hybridized carbons (Fsp3) is 0.467. The summed E-state index contributed by atoms with van der Waals surface area (Å²) in [5.74, 6) is 1.34. The Bertz CT molecular complexity index is 887. The summed E-state index contributed by atoms with van der Waals surface area (Å²) in [5, 5.41) is 11.8. The lowest BCUT2D eigenvalue weighted by atomic mass is 9.94. The maximum absolute atomic E-state index is 12.1. The van der Waals surface area contributed by atoms with Crippen LogP contribution in [0.25, 0.3) is 17.0 Å². The third-order valence-electron chi connectivity index (χ3n) is 4.30. The number of nitrogens with one attached hydrogen (secondary N) is 2. The number of nitrogens with zero attached hydrogens (tertiary/aromatic N) is 4. The Balaban J connectivity index is 1.85. The molecule has 0 spiro atoms. The Hall–Kier alpha value is -2.48. The summed E-state index contributed by atoms with van der Waals surface area (Å²) < 4.78 is 6.97. The molecule has 1 aliphatic rings. The van der Waals surface area contributed by atoms with Crippen molar-refractivity contribution in [3.05, 3.63) is 34.2 Å². The van der Waals surface area contributed by atoms with Gasteiger partial charge >= 0.3 is 0 Å². The van der Waals surface area contributed by atoms with Crippen molar-refractivity contribution in [2.45, 2.75) is 32.1 Å². The van der Waals surface area contributed by atoms with E-state index < -0.39 is 0 Å². The average Bonchev–Trinajstić information content (AvgIpc) is 3.21. The highest BCUT2D eigenvalue weighted by molar-refractivity contribution is 5.71. The Morgan fingerprint density at radius 1 is 1.39 bits per heavy atom. The zero-order valence-corrected chi connectivity index (χ0v) is 12.9. The van der Waals surface area contributed by atoms with Crippen LogP contribution >= 0.6 is 0 Å². The van der Waals surface area contributed by atoms with Crippen molar-refractivity contribution >= 4 is 5.65 Å². The topological polar surface area (TPSA) is 101 Å². The van der Waals surface area contributed by atoms with Crippen LogP contribution in [0.15, 0.2) is 21.6 Å². The summed E-state index contributed by atoms with van der Waals surface area (Å²) in [4.78, 5) is 19.3. The quantitative estimate of drug-likeness (QED) is 0.751. The number of hydrogen-bond acceptors (Lipinski definition) is 6. The average molecular weight is 314 g/mol. The fourth-order valence-electron chi connectivity index (χ4n) is 3.09. The van der Waals surface area contributed by atoms with Gasteiger partial charge in [-0.05, 0) is 25.9 Å². The molecule has 3 aromatic rings. The van der Waals surface area contributed by atoms with Crippen LogP contribution in [-0.2, 0) is 6.42 Å². The van der Waals surface area contributed by atoms with Crippen LogP contribution in [-0.4, -0.2) is 37.8 Å². The van der Waals surface area contributed by atoms with E-state index in [2.05, 4.69) is 25.5 Å². The van der Waals surface area contributed by atoms with Gasteiger partial charge in [0.1, 0.15) is 5.65 Å². The van der Waals surface area contributed by atoms with E-state index in [-0.39, 0.29) is 5.56 Å². The van der Waals surface area contributed by atoms with Crippen molar-refractivity contribution in [2.75, 3.05) is 13.1 Å². The molecule has 8 heteroatoms. The van der Waals surface area contributed by atoms with E-state index >= 15 is 0 Å². The van der Waals surface area contributed by atoms with Crippen molar-refractivity contribution in [1.29, 1.82) is 0 Å². The van der Waals surface area contributed by atoms with Crippen molar-refractivity contribution in [3.63, 3.8) is 0 Å². The molecule has 4 rings (SSSR count). The number of aromatic nitrogens is 5. The molecule has 1 fully saturated rings. The summed E-state index contributed by atoms with van der Waals surface area (Å²) in [6, 6.07) is 1.65. The molecule has 1 saturated heterocycles. The van der Waals surface area contributed by atoms with Gasteiger partial charge in [-0.15, -0.1) is 0 Å². The molecule has 3 aromatic heterocycles. The van der Waals surface area contributed by atoms with Gasteiger partial charge in [-0.1, -0.05) is 12.1 Å². The second kappa shape index (κ2) is 5.62. The highest BCUT2D eigenvalue weighted by Gasteiger charge is 2.22. The Kier molecular flexibility index (Phi) is 3.45. The van der Waals surface area contributed by atoms with Crippen molar-refractivity contribution in [1.82, 2.24) is 30.1 Å². The first kappa shape index (κ1) is 14.1. The van der Waals surface area contributed by atoms with Crippen molar-refractivity contribution in [2.24, 2.45) is 0 Å². The van der Waals surface area contributed by atoms with Crippen molar-refractivity contribution < 1.29 is 4.52 Å². The van der Waals surface area contributed by atoms with Gasteiger partial charge < -0.3 is 14.8 Å². The number of piperidine rings is 1. The summed E-state index contributed by atoms with van der Waals surface area (Å²) in [6.07, 6.45) is 4.34. The first-order valence-electron chi connectivity index (χ1n) is 7.91. The lowest BCUT2D eigenvalue weighted by molar-refractivity contribution is 0.383. The van der Waals surface area contributed by atoms with E-state index in [0.717, 1.165) is 31.6 Å². The third-order valence-corrected chi connectivity index (χ3v) is 4.30. The number of fused-ring (bicyclic) bond motifs is 1. The molecule has 23 heavy (non-hydrogen) atoms.